The predicted octanol–water partition coefficient (Wildman–Crippen LogP) is 3.81. The number of rotatable bonds is 4. The molecule has 1 aromatic heterocycles. The van der Waals surface area contributed by atoms with Crippen LogP contribution < -0.4 is 5.56 Å². The normalized spacial score (nSPS) is 15.5. The van der Waals surface area contributed by atoms with Crippen LogP contribution in [0.3, 0.4) is 0 Å². The second-order valence-electron chi connectivity index (χ2n) is 6.25. The van der Waals surface area contributed by atoms with E-state index in [2.05, 4.69) is 31.9 Å². The fraction of sp³-hybridized carbons (Fsp3) is 0.316. The Kier molecular flexibility index (Phi) is 6.09. The van der Waals surface area contributed by atoms with Crippen LogP contribution in [0.4, 0.5) is 0 Å². The van der Waals surface area contributed by atoms with E-state index in [1.54, 1.807) is 35.2 Å². The lowest BCUT2D eigenvalue weighted by Crippen LogP contribution is -2.45. The minimum Gasteiger partial charge on any atom is -0.340 e. The summed E-state index contributed by atoms with van der Waals surface area (Å²) in [4.78, 5) is 40.4. The van der Waals surface area contributed by atoms with Crippen molar-refractivity contribution in [2.75, 3.05) is 13.1 Å². The van der Waals surface area contributed by atoms with Crippen molar-refractivity contribution in [2.24, 2.45) is 0 Å². The smallest absolute Gasteiger partial charge is 0.253 e. The Morgan fingerprint density at radius 2 is 1.50 bits per heavy atom. The van der Waals surface area contributed by atoms with Crippen LogP contribution in [0.1, 0.15) is 35.7 Å². The summed E-state index contributed by atoms with van der Waals surface area (Å²) in [5.41, 5.74) is 0.0180. The van der Waals surface area contributed by atoms with Crippen molar-refractivity contribution in [3.8, 4) is 0 Å². The number of amides is 1. The molecule has 0 N–H and O–H groups in total. The molecule has 26 heavy (non-hydrogen) atoms. The lowest BCUT2D eigenvalue weighted by atomic mass is 10.0. The number of benzene rings is 1. The number of carbonyl (C=O) groups excluding carboxylic acids is 2. The molecule has 2 heterocycles. The summed E-state index contributed by atoms with van der Waals surface area (Å²) in [6.45, 7) is 1.23. The maximum atomic E-state index is 13.2. The summed E-state index contributed by atoms with van der Waals surface area (Å²) in [6, 6.07) is 8.58. The summed E-state index contributed by atoms with van der Waals surface area (Å²) in [5, 5.41) is 0. The van der Waals surface area contributed by atoms with Gasteiger partial charge in [0.1, 0.15) is 0 Å². The molecule has 3 rings (SSSR count). The monoisotopic (exact) mass is 480 g/mol. The van der Waals surface area contributed by atoms with Gasteiger partial charge in [-0.15, -0.1) is 0 Å². The molecule has 1 unspecified atom stereocenters. The zero-order valence-corrected chi connectivity index (χ0v) is 17.2. The number of ketones is 1. The zero-order valence-electron chi connectivity index (χ0n) is 14.0. The number of piperidine rings is 1. The van der Waals surface area contributed by atoms with Crippen molar-refractivity contribution in [1.29, 1.82) is 0 Å². The lowest BCUT2D eigenvalue weighted by molar-refractivity contribution is -0.134. The molecule has 1 aliphatic heterocycles. The zero-order chi connectivity index (χ0) is 18.7. The predicted molar refractivity (Wildman–Crippen MR) is 106 cm³/mol. The van der Waals surface area contributed by atoms with Crippen LogP contribution in [0.15, 0.2) is 56.3 Å². The molecule has 1 saturated heterocycles. The van der Waals surface area contributed by atoms with Gasteiger partial charge in [0.15, 0.2) is 11.8 Å². The summed E-state index contributed by atoms with van der Waals surface area (Å²) in [6.07, 6.45) is 4.41. The number of Topliss-reactive ketones (excluding diaryl/α,β-unsaturated/α-hetero) is 1. The average Bonchev–Trinajstić information content (AvgIpc) is 2.66. The van der Waals surface area contributed by atoms with Gasteiger partial charge in [0, 0.05) is 39.9 Å². The molecular formula is C19H18Br2N2O3. The molecule has 5 nitrogen and oxygen atoms in total. The van der Waals surface area contributed by atoms with Gasteiger partial charge < -0.3 is 4.90 Å². The van der Waals surface area contributed by atoms with Crippen LogP contribution in [-0.2, 0) is 4.79 Å². The fourth-order valence-corrected chi connectivity index (χ4v) is 3.71. The van der Waals surface area contributed by atoms with Crippen molar-refractivity contribution in [2.45, 2.75) is 25.3 Å². The number of pyridine rings is 1. The Labute approximate surface area is 168 Å². The van der Waals surface area contributed by atoms with Crippen molar-refractivity contribution in [3.05, 3.63) is 67.5 Å². The molecule has 0 aliphatic carbocycles. The minimum absolute atomic E-state index is 0.321. The summed E-state index contributed by atoms with van der Waals surface area (Å²) in [7, 11) is 0. The molecule has 0 bridgehead atoms. The van der Waals surface area contributed by atoms with Crippen LogP contribution >= 0.6 is 31.9 Å². The number of hydrogen-bond acceptors (Lipinski definition) is 3. The number of hydrogen-bond donors (Lipinski definition) is 0. The number of aromatic nitrogens is 1. The van der Waals surface area contributed by atoms with Crippen LogP contribution in [0.2, 0.25) is 0 Å². The molecule has 1 amide bonds. The summed E-state index contributed by atoms with van der Waals surface area (Å²) in [5.74, 6) is -0.703. The van der Waals surface area contributed by atoms with Gasteiger partial charge in [-0.25, -0.2) is 0 Å². The number of halogens is 2. The highest BCUT2D eigenvalue weighted by Gasteiger charge is 2.34. The Morgan fingerprint density at radius 1 is 0.885 bits per heavy atom. The van der Waals surface area contributed by atoms with Crippen LogP contribution in [0.25, 0.3) is 0 Å². The largest absolute Gasteiger partial charge is 0.340 e. The first-order chi connectivity index (χ1) is 12.5. The third kappa shape index (κ3) is 4.15. The third-order valence-electron chi connectivity index (χ3n) is 4.46. The molecule has 0 saturated carbocycles. The lowest BCUT2D eigenvalue weighted by Gasteiger charge is -2.30. The minimum atomic E-state index is -1.20. The topological polar surface area (TPSA) is 59.4 Å². The highest BCUT2D eigenvalue weighted by atomic mass is 79.9. The molecule has 7 heteroatoms. The van der Waals surface area contributed by atoms with E-state index in [-0.39, 0.29) is 17.2 Å². The molecule has 1 fully saturated rings. The van der Waals surface area contributed by atoms with E-state index in [0.29, 0.717) is 23.1 Å². The highest BCUT2D eigenvalue weighted by Crippen LogP contribution is 2.22. The molecule has 2 aromatic rings. The molecule has 0 spiro atoms. The highest BCUT2D eigenvalue weighted by molar-refractivity contribution is 9.10. The number of likely N-dealkylation sites (tertiary alicyclic amines) is 1. The van der Waals surface area contributed by atoms with Gasteiger partial charge in [-0.05, 0) is 53.4 Å². The number of carbonyl (C=O) groups is 2. The van der Waals surface area contributed by atoms with Gasteiger partial charge in [0.05, 0.1) is 0 Å². The van der Waals surface area contributed by atoms with Gasteiger partial charge >= 0.3 is 0 Å². The van der Waals surface area contributed by atoms with E-state index >= 15 is 0 Å². The van der Waals surface area contributed by atoms with E-state index in [1.807, 2.05) is 0 Å². The Hall–Kier alpha value is -1.73. The van der Waals surface area contributed by atoms with Crippen molar-refractivity contribution >= 4 is 43.6 Å². The second-order valence-corrected chi connectivity index (χ2v) is 8.08. The Bertz CT molecular complexity index is 871. The van der Waals surface area contributed by atoms with Crippen LogP contribution in [-0.4, -0.2) is 34.2 Å². The van der Waals surface area contributed by atoms with Gasteiger partial charge in [0.25, 0.3) is 11.5 Å². The number of nitrogens with zero attached hydrogens (tertiary/aromatic N) is 2. The van der Waals surface area contributed by atoms with Crippen molar-refractivity contribution < 1.29 is 9.59 Å². The van der Waals surface area contributed by atoms with E-state index in [9.17, 15) is 14.4 Å². The first kappa shape index (κ1) is 19.0. The van der Waals surface area contributed by atoms with E-state index in [1.165, 1.54) is 16.8 Å². The van der Waals surface area contributed by atoms with E-state index < -0.39 is 6.04 Å². The molecule has 136 valence electrons. The van der Waals surface area contributed by atoms with Gasteiger partial charge in [0.2, 0.25) is 0 Å². The molecule has 1 atom stereocenters. The Morgan fingerprint density at radius 3 is 2.15 bits per heavy atom. The van der Waals surface area contributed by atoms with Gasteiger partial charge in [-0.3, -0.25) is 19.0 Å². The van der Waals surface area contributed by atoms with Gasteiger partial charge in [-0.1, -0.05) is 28.1 Å². The third-order valence-corrected chi connectivity index (χ3v) is 5.46. The maximum absolute atomic E-state index is 13.2. The maximum Gasteiger partial charge on any atom is 0.253 e. The molecule has 1 aliphatic rings. The molecular weight excluding hydrogens is 464 g/mol. The first-order valence-corrected chi connectivity index (χ1v) is 10.0. The van der Waals surface area contributed by atoms with Gasteiger partial charge in [-0.2, -0.15) is 0 Å². The summed E-state index contributed by atoms with van der Waals surface area (Å²) < 4.78 is 2.70. The van der Waals surface area contributed by atoms with Crippen molar-refractivity contribution in [3.63, 3.8) is 0 Å². The second kappa shape index (κ2) is 8.31. The fourth-order valence-electron chi connectivity index (χ4n) is 3.09. The quantitative estimate of drug-likeness (QED) is 0.492. The van der Waals surface area contributed by atoms with E-state index in [4.69, 9.17) is 0 Å². The van der Waals surface area contributed by atoms with Crippen LogP contribution in [0.5, 0.6) is 0 Å². The molecule has 1 aromatic carbocycles. The SMILES string of the molecule is O=C(c1ccc(Br)cc1)C(C(=O)N1CCCCC1)n1cc(Br)ccc1=O. The van der Waals surface area contributed by atoms with Crippen LogP contribution in [0, 0.1) is 0 Å². The molecule has 0 radical (unpaired) electrons. The standard InChI is InChI=1S/C19H18Br2N2O3/c20-14-6-4-13(5-7-14)18(25)17(19(26)22-10-2-1-3-11-22)23-12-15(21)8-9-16(23)24/h4-9,12,17H,1-3,10-11H2. The average molecular weight is 482 g/mol. The summed E-state index contributed by atoms with van der Waals surface area (Å²) >= 11 is 6.66. The first-order valence-electron chi connectivity index (χ1n) is 8.43. The van der Waals surface area contributed by atoms with E-state index in [0.717, 1.165) is 23.7 Å². The Balaban J connectivity index is 2.04. The van der Waals surface area contributed by atoms with Crippen molar-refractivity contribution in [1.82, 2.24) is 9.47 Å².